The first-order chi connectivity index (χ1) is 13.2. The minimum absolute atomic E-state index is 0.00562. The lowest BCUT2D eigenvalue weighted by molar-refractivity contribution is 0.0686. The summed E-state index contributed by atoms with van der Waals surface area (Å²) in [6.45, 7) is 0. The van der Waals surface area contributed by atoms with E-state index in [4.69, 9.17) is 19.3 Å². The molecule has 0 unspecified atom stereocenters. The molecule has 2 aromatic carbocycles. The highest BCUT2D eigenvalue weighted by Crippen LogP contribution is 2.45. The van der Waals surface area contributed by atoms with Crippen LogP contribution in [0.15, 0.2) is 35.2 Å². The monoisotopic (exact) mass is 411 g/mol. The Kier molecular flexibility index (Phi) is 5.99. The Hall–Kier alpha value is -3.47. The van der Waals surface area contributed by atoms with E-state index in [2.05, 4.69) is 4.72 Å². The van der Waals surface area contributed by atoms with Crippen LogP contribution in [0.5, 0.6) is 17.2 Å². The summed E-state index contributed by atoms with van der Waals surface area (Å²) < 4.78 is 43.0. The van der Waals surface area contributed by atoms with Crippen molar-refractivity contribution in [3.05, 3.63) is 41.5 Å². The molecule has 150 valence electrons. The van der Waals surface area contributed by atoms with Crippen LogP contribution in [0, 0.1) is 0 Å². The van der Waals surface area contributed by atoms with Gasteiger partial charge in [-0.3, -0.25) is 4.72 Å². The Bertz CT molecular complexity index is 1010. The molecule has 0 aromatic heterocycles. The minimum atomic E-state index is -4.27. The predicted molar refractivity (Wildman–Crippen MR) is 97.3 cm³/mol. The zero-order valence-electron chi connectivity index (χ0n) is 15.0. The van der Waals surface area contributed by atoms with Gasteiger partial charge in [-0.05, 0) is 24.3 Å². The summed E-state index contributed by atoms with van der Waals surface area (Å²) in [5, 5.41) is 18.4. The van der Waals surface area contributed by atoms with E-state index in [0.717, 1.165) is 30.3 Å². The number of rotatable bonds is 8. The van der Waals surface area contributed by atoms with Crippen LogP contribution >= 0.6 is 0 Å². The van der Waals surface area contributed by atoms with Crippen LogP contribution in [-0.4, -0.2) is 51.9 Å². The molecule has 0 amide bonds. The van der Waals surface area contributed by atoms with Gasteiger partial charge in [0, 0.05) is 6.07 Å². The molecule has 3 N–H and O–H groups in total. The first kappa shape index (κ1) is 20.8. The summed E-state index contributed by atoms with van der Waals surface area (Å²) in [6, 6.07) is 5.48. The van der Waals surface area contributed by atoms with Crippen molar-refractivity contribution < 1.29 is 42.4 Å². The van der Waals surface area contributed by atoms with Crippen LogP contribution in [0.25, 0.3) is 0 Å². The summed E-state index contributed by atoms with van der Waals surface area (Å²) in [5.74, 6) is -2.81. The molecule has 0 fully saturated rings. The molecule has 0 atom stereocenters. The van der Waals surface area contributed by atoms with Crippen LogP contribution < -0.4 is 18.9 Å². The van der Waals surface area contributed by atoms with Crippen LogP contribution in [0.2, 0.25) is 0 Å². The maximum Gasteiger partial charge on any atom is 0.338 e. The quantitative estimate of drug-likeness (QED) is 0.592. The average molecular weight is 411 g/mol. The number of methoxy groups -OCH3 is 3. The number of benzene rings is 2. The van der Waals surface area contributed by atoms with E-state index in [0.29, 0.717) is 0 Å². The highest BCUT2D eigenvalue weighted by molar-refractivity contribution is 7.92. The predicted octanol–water partition coefficient (Wildman–Crippen LogP) is 1.91. The van der Waals surface area contributed by atoms with Crippen LogP contribution in [0.3, 0.4) is 0 Å². The van der Waals surface area contributed by atoms with E-state index in [1.165, 1.54) is 21.3 Å². The molecule has 0 spiro atoms. The first-order valence-electron chi connectivity index (χ1n) is 7.58. The Labute approximate surface area is 160 Å². The van der Waals surface area contributed by atoms with Gasteiger partial charge in [0.25, 0.3) is 10.0 Å². The lowest BCUT2D eigenvalue weighted by atomic mass is 10.1. The number of anilines is 1. The van der Waals surface area contributed by atoms with Crippen molar-refractivity contribution in [2.75, 3.05) is 26.1 Å². The van der Waals surface area contributed by atoms with Crippen LogP contribution in [0.4, 0.5) is 5.69 Å². The fraction of sp³-hybridized carbons (Fsp3) is 0.176. The average Bonchev–Trinajstić information content (AvgIpc) is 2.66. The van der Waals surface area contributed by atoms with Gasteiger partial charge in [0.2, 0.25) is 5.75 Å². The van der Waals surface area contributed by atoms with Gasteiger partial charge in [-0.1, -0.05) is 0 Å². The summed E-state index contributed by atoms with van der Waals surface area (Å²) in [5.41, 5.74) is -0.899. The van der Waals surface area contributed by atoms with Gasteiger partial charge in [-0.15, -0.1) is 0 Å². The summed E-state index contributed by atoms with van der Waals surface area (Å²) in [7, 11) is -0.491. The fourth-order valence-electron chi connectivity index (χ4n) is 2.40. The van der Waals surface area contributed by atoms with Crippen molar-refractivity contribution in [3.63, 3.8) is 0 Å². The maximum atomic E-state index is 12.7. The Morgan fingerprint density at radius 3 is 1.89 bits per heavy atom. The molecule has 0 aliphatic heterocycles. The number of ether oxygens (including phenoxy) is 3. The Morgan fingerprint density at radius 1 is 0.893 bits per heavy atom. The molecular formula is C17H17NO9S. The van der Waals surface area contributed by atoms with Gasteiger partial charge in [-0.25, -0.2) is 18.0 Å². The molecule has 28 heavy (non-hydrogen) atoms. The summed E-state index contributed by atoms with van der Waals surface area (Å²) in [4.78, 5) is 22.3. The van der Waals surface area contributed by atoms with Crippen molar-refractivity contribution in [2.45, 2.75) is 4.90 Å². The number of carboxylic acids is 2. The van der Waals surface area contributed by atoms with Crippen molar-refractivity contribution in [2.24, 2.45) is 0 Å². The second kappa shape index (κ2) is 8.05. The molecule has 2 rings (SSSR count). The van der Waals surface area contributed by atoms with Crippen LogP contribution in [-0.2, 0) is 10.0 Å². The minimum Gasteiger partial charge on any atom is -0.493 e. The molecule has 11 heteroatoms. The Morgan fingerprint density at radius 2 is 1.46 bits per heavy atom. The second-order valence-electron chi connectivity index (χ2n) is 5.31. The number of nitrogens with one attached hydrogen (secondary N) is 1. The fourth-order valence-corrected chi connectivity index (χ4v) is 3.48. The third kappa shape index (κ3) is 3.93. The molecule has 2 aromatic rings. The smallest absolute Gasteiger partial charge is 0.338 e. The molecule has 0 saturated heterocycles. The van der Waals surface area contributed by atoms with Gasteiger partial charge < -0.3 is 24.4 Å². The summed E-state index contributed by atoms with van der Waals surface area (Å²) >= 11 is 0. The van der Waals surface area contributed by atoms with Gasteiger partial charge in [0.1, 0.15) is 5.69 Å². The van der Waals surface area contributed by atoms with Gasteiger partial charge in [0.15, 0.2) is 11.5 Å². The van der Waals surface area contributed by atoms with E-state index in [1.54, 1.807) is 0 Å². The van der Waals surface area contributed by atoms with Gasteiger partial charge in [0.05, 0.1) is 37.4 Å². The normalized spacial score (nSPS) is 10.8. The third-order valence-electron chi connectivity index (χ3n) is 3.71. The molecule has 0 aliphatic carbocycles. The zero-order chi connectivity index (χ0) is 21.1. The summed E-state index contributed by atoms with van der Waals surface area (Å²) in [6.07, 6.45) is 0. The van der Waals surface area contributed by atoms with Crippen LogP contribution in [0.1, 0.15) is 20.7 Å². The van der Waals surface area contributed by atoms with Crippen molar-refractivity contribution >= 4 is 27.6 Å². The number of hydrogen-bond acceptors (Lipinski definition) is 7. The molecule has 0 aliphatic rings. The van der Waals surface area contributed by atoms with E-state index in [1.807, 2.05) is 0 Å². The largest absolute Gasteiger partial charge is 0.493 e. The van der Waals surface area contributed by atoms with E-state index in [9.17, 15) is 23.1 Å². The van der Waals surface area contributed by atoms with Gasteiger partial charge >= 0.3 is 11.9 Å². The molecule has 10 nitrogen and oxygen atoms in total. The van der Waals surface area contributed by atoms with E-state index < -0.39 is 27.5 Å². The SMILES string of the molecule is COc1cc(C(=O)O)c(NS(=O)(=O)c2ccc(C(=O)O)cc2)c(OC)c1OC. The van der Waals surface area contributed by atoms with E-state index >= 15 is 0 Å². The number of sulfonamides is 1. The third-order valence-corrected chi connectivity index (χ3v) is 5.07. The standard InChI is InChI=1S/C17H17NO9S/c1-25-12-8-11(17(21)22)13(15(27-3)14(12)26-2)18-28(23,24)10-6-4-9(5-7-10)16(19)20/h4-8,18H,1-3H3,(H,19,20)(H,21,22). The number of carbonyl (C=O) groups is 2. The van der Waals surface area contributed by atoms with Crippen molar-refractivity contribution in [1.82, 2.24) is 0 Å². The molecular weight excluding hydrogens is 394 g/mol. The molecule has 0 heterocycles. The van der Waals surface area contributed by atoms with Crippen molar-refractivity contribution in [1.29, 1.82) is 0 Å². The highest BCUT2D eigenvalue weighted by atomic mass is 32.2. The number of carboxylic acid groups (broad SMARTS) is 2. The molecule has 0 radical (unpaired) electrons. The second-order valence-corrected chi connectivity index (χ2v) is 6.99. The first-order valence-corrected chi connectivity index (χ1v) is 9.07. The molecule has 0 saturated carbocycles. The maximum absolute atomic E-state index is 12.7. The topological polar surface area (TPSA) is 148 Å². The lowest BCUT2D eigenvalue weighted by Crippen LogP contribution is -2.17. The Balaban J connectivity index is 2.63. The molecule has 0 bridgehead atoms. The van der Waals surface area contributed by atoms with Crippen molar-refractivity contribution in [3.8, 4) is 17.2 Å². The van der Waals surface area contributed by atoms with E-state index in [-0.39, 0.29) is 33.4 Å². The lowest BCUT2D eigenvalue weighted by Gasteiger charge is -2.19. The van der Waals surface area contributed by atoms with Gasteiger partial charge in [-0.2, -0.15) is 0 Å². The zero-order valence-corrected chi connectivity index (χ0v) is 15.9. The number of hydrogen-bond donors (Lipinski definition) is 3. The number of aromatic carboxylic acids is 2. The highest BCUT2D eigenvalue weighted by Gasteiger charge is 2.28.